The molecule has 0 amide bonds. The third-order valence-corrected chi connectivity index (χ3v) is 2.71. The number of hydrogen-bond donors (Lipinski definition) is 2. The van der Waals surface area contributed by atoms with Gasteiger partial charge in [-0.1, -0.05) is 0 Å². The number of nitrogens with one attached hydrogen (secondary N) is 1. The summed E-state index contributed by atoms with van der Waals surface area (Å²) in [6.07, 6.45) is 1.72. The molecule has 0 fully saturated rings. The van der Waals surface area contributed by atoms with Crippen LogP contribution in [0.15, 0.2) is 0 Å². The van der Waals surface area contributed by atoms with E-state index in [-0.39, 0.29) is 6.29 Å². The fourth-order valence-electron chi connectivity index (χ4n) is 1.08. The standard InChI is InChI=1S/C9H21NO3S/c1-9(11,7-14-4)6-10-5-8(12-2)13-3/h8,10-11H,5-7H2,1-4H3. The first-order chi connectivity index (χ1) is 6.55. The number of hydrogen-bond acceptors (Lipinski definition) is 5. The van der Waals surface area contributed by atoms with E-state index in [0.29, 0.717) is 18.8 Å². The van der Waals surface area contributed by atoms with E-state index in [1.54, 1.807) is 26.0 Å². The van der Waals surface area contributed by atoms with Crippen LogP contribution in [-0.2, 0) is 9.47 Å². The second-order valence-electron chi connectivity index (χ2n) is 3.46. The molecule has 14 heavy (non-hydrogen) atoms. The molecule has 0 spiro atoms. The molecule has 1 atom stereocenters. The molecule has 0 aromatic rings. The fraction of sp³-hybridized carbons (Fsp3) is 1.00. The summed E-state index contributed by atoms with van der Waals surface area (Å²) in [6, 6.07) is 0. The van der Waals surface area contributed by atoms with Crippen LogP contribution >= 0.6 is 11.8 Å². The Hall–Kier alpha value is 0.190. The summed E-state index contributed by atoms with van der Waals surface area (Å²) in [5, 5.41) is 12.9. The van der Waals surface area contributed by atoms with Crippen LogP contribution in [0.1, 0.15) is 6.92 Å². The molecule has 0 aromatic heterocycles. The molecule has 0 aromatic carbocycles. The molecule has 0 heterocycles. The Morgan fingerprint density at radius 2 is 2.00 bits per heavy atom. The average molecular weight is 223 g/mol. The van der Waals surface area contributed by atoms with Crippen molar-refractivity contribution in [2.45, 2.75) is 18.8 Å². The highest BCUT2D eigenvalue weighted by molar-refractivity contribution is 7.98. The highest BCUT2D eigenvalue weighted by atomic mass is 32.2. The Morgan fingerprint density at radius 3 is 2.43 bits per heavy atom. The van der Waals surface area contributed by atoms with Crippen molar-refractivity contribution in [1.29, 1.82) is 0 Å². The van der Waals surface area contributed by atoms with Gasteiger partial charge in [-0.15, -0.1) is 0 Å². The van der Waals surface area contributed by atoms with Gasteiger partial charge in [0.25, 0.3) is 0 Å². The van der Waals surface area contributed by atoms with Crippen molar-refractivity contribution in [2.24, 2.45) is 0 Å². The molecule has 86 valence electrons. The lowest BCUT2D eigenvalue weighted by Crippen LogP contribution is -2.43. The van der Waals surface area contributed by atoms with Crippen LogP contribution in [0.5, 0.6) is 0 Å². The molecule has 1 unspecified atom stereocenters. The molecule has 0 aliphatic rings. The first kappa shape index (κ1) is 14.2. The highest BCUT2D eigenvalue weighted by Gasteiger charge is 2.19. The normalized spacial score (nSPS) is 15.9. The summed E-state index contributed by atoms with van der Waals surface area (Å²) in [4.78, 5) is 0. The zero-order valence-electron chi connectivity index (χ0n) is 9.37. The lowest BCUT2D eigenvalue weighted by molar-refractivity contribution is -0.100. The van der Waals surface area contributed by atoms with E-state index in [1.807, 2.05) is 13.2 Å². The third-order valence-electron chi connectivity index (χ3n) is 1.80. The van der Waals surface area contributed by atoms with E-state index < -0.39 is 5.60 Å². The number of rotatable bonds is 8. The van der Waals surface area contributed by atoms with Gasteiger partial charge in [-0.25, -0.2) is 0 Å². The molecule has 0 radical (unpaired) electrons. The summed E-state index contributed by atoms with van der Waals surface area (Å²) >= 11 is 1.63. The van der Waals surface area contributed by atoms with Gasteiger partial charge in [0.2, 0.25) is 0 Å². The molecule has 4 nitrogen and oxygen atoms in total. The van der Waals surface area contributed by atoms with Gasteiger partial charge < -0.3 is 19.9 Å². The number of ether oxygens (including phenoxy) is 2. The molecule has 0 saturated heterocycles. The van der Waals surface area contributed by atoms with Crippen LogP contribution in [-0.4, -0.2) is 56.3 Å². The van der Waals surface area contributed by atoms with Crippen LogP contribution in [0.3, 0.4) is 0 Å². The number of thioether (sulfide) groups is 1. The number of methoxy groups -OCH3 is 2. The minimum atomic E-state index is -0.675. The average Bonchev–Trinajstić information content (AvgIpc) is 2.12. The molecule has 2 N–H and O–H groups in total. The van der Waals surface area contributed by atoms with E-state index in [2.05, 4.69) is 5.32 Å². The van der Waals surface area contributed by atoms with Crippen molar-refractivity contribution in [3.8, 4) is 0 Å². The Bertz CT molecular complexity index is 140. The molecule has 0 aliphatic carbocycles. The van der Waals surface area contributed by atoms with Gasteiger partial charge >= 0.3 is 0 Å². The zero-order chi connectivity index (χ0) is 11.0. The van der Waals surface area contributed by atoms with Crippen molar-refractivity contribution in [1.82, 2.24) is 5.32 Å². The van der Waals surface area contributed by atoms with Crippen LogP contribution in [0.4, 0.5) is 0 Å². The molecule has 0 rings (SSSR count). The Labute approximate surface area is 90.4 Å². The van der Waals surface area contributed by atoms with Gasteiger partial charge in [0.15, 0.2) is 6.29 Å². The second-order valence-corrected chi connectivity index (χ2v) is 4.33. The van der Waals surface area contributed by atoms with Gasteiger partial charge in [-0.2, -0.15) is 11.8 Å². The quantitative estimate of drug-likeness (QED) is 0.580. The van der Waals surface area contributed by atoms with E-state index in [9.17, 15) is 5.11 Å². The van der Waals surface area contributed by atoms with E-state index in [1.165, 1.54) is 0 Å². The SMILES string of the molecule is COC(CNCC(C)(O)CSC)OC. The van der Waals surface area contributed by atoms with Crippen LogP contribution < -0.4 is 5.32 Å². The summed E-state index contributed by atoms with van der Waals surface area (Å²) in [5.41, 5.74) is -0.675. The maximum Gasteiger partial charge on any atom is 0.169 e. The minimum Gasteiger partial charge on any atom is -0.388 e. The van der Waals surface area contributed by atoms with Gasteiger partial charge in [-0.3, -0.25) is 0 Å². The van der Waals surface area contributed by atoms with E-state index in [4.69, 9.17) is 9.47 Å². The Kier molecular flexibility index (Phi) is 7.58. The topological polar surface area (TPSA) is 50.7 Å². The third kappa shape index (κ3) is 6.62. The molecule has 0 bridgehead atoms. The first-order valence-electron chi connectivity index (χ1n) is 4.53. The summed E-state index contributed by atoms with van der Waals surface area (Å²) in [6.45, 7) is 2.93. The highest BCUT2D eigenvalue weighted by Crippen LogP contribution is 2.08. The number of aliphatic hydroxyl groups is 1. The maximum absolute atomic E-state index is 9.81. The summed E-state index contributed by atoms with van der Waals surface area (Å²) in [5.74, 6) is 0.713. The predicted molar refractivity (Wildman–Crippen MR) is 59.7 cm³/mol. The smallest absolute Gasteiger partial charge is 0.169 e. The van der Waals surface area contributed by atoms with Gasteiger partial charge in [-0.05, 0) is 13.2 Å². The van der Waals surface area contributed by atoms with Gasteiger partial charge in [0, 0.05) is 33.1 Å². The van der Waals surface area contributed by atoms with Gasteiger partial charge in [0.05, 0.1) is 5.60 Å². The lowest BCUT2D eigenvalue weighted by atomic mass is 10.1. The van der Waals surface area contributed by atoms with Crippen molar-refractivity contribution in [3.05, 3.63) is 0 Å². The molecule has 0 saturated carbocycles. The molecular weight excluding hydrogens is 202 g/mol. The monoisotopic (exact) mass is 223 g/mol. The van der Waals surface area contributed by atoms with Gasteiger partial charge in [0.1, 0.15) is 0 Å². The van der Waals surface area contributed by atoms with Crippen molar-refractivity contribution >= 4 is 11.8 Å². The predicted octanol–water partition coefficient (Wildman–Crippen LogP) is 0.309. The summed E-state index contributed by atoms with van der Waals surface area (Å²) in [7, 11) is 3.19. The Morgan fingerprint density at radius 1 is 1.43 bits per heavy atom. The van der Waals surface area contributed by atoms with E-state index >= 15 is 0 Å². The minimum absolute atomic E-state index is 0.250. The van der Waals surface area contributed by atoms with Crippen molar-refractivity contribution in [3.63, 3.8) is 0 Å². The van der Waals surface area contributed by atoms with Crippen LogP contribution in [0.25, 0.3) is 0 Å². The zero-order valence-corrected chi connectivity index (χ0v) is 10.2. The van der Waals surface area contributed by atoms with Crippen LogP contribution in [0.2, 0.25) is 0 Å². The first-order valence-corrected chi connectivity index (χ1v) is 5.92. The Balaban J connectivity index is 3.60. The van der Waals surface area contributed by atoms with E-state index in [0.717, 1.165) is 0 Å². The van der Waals surface area contributed by atoms with Crippen molar-refractivity contribution in [2.75, 3.05) is 39.3 Å². The summed E-state index contributed by atoms with van der Waals surface area (Å²) < 4.78 is 10.0. The molecule has 0 aliphatic heterocycles. The fourth-order valence-corrected chi connectivity index (χ4v) is 1.81. The largest absolute Gasteiger partial charge is 0.388 e. The van der Waals surface area contributed by atoms with Crippen LogP contribution in [0, 0.1) is 0 Å². The maximum atomic E-state index is 9.81. The molecule has 5 heteroatoms. The molecular formula is C9H21NO3S. The van der Waals surface area contributed by atoms with Crippen molar-refractivity contribution < 1.29 is 14.6 Å². The second kappa shape index (κ2) is 7.48. The lowest BCUT2D eigenvalue weighted by Gasteiger charge is -2.23.